The summed E-state index contributed by atoms with van der Waals surface area (Å²) in [6.07, 6.45) is 2.22. The number of rotatable bonds is 4. The first kappa shape index (κ1) is 15.0. The van der Waals surface area contributed by atoms with Crippen molar-refractivity contribution in [3.63, 3.8) is 0 Å². The maximum absolute atomic E-state index is 2.35. The Kier molecular flexibility index (Phi) is 6.22. The fraction of sp³-hybridized carbons (Fsp3) is 0.133. The van der Waals surface area contributed by atoms with Crippen LogP contribution in [-0.2, 0) is 37.1 Å². The predicted molar refractivity (Wildman–Crippen MR) is 90.7 cm³/mol. The van der Waals surface area contributed by atoms with Gasteiger partial charge in [0.05, 0.1) is 0 Å². The number of hydrogen-bond donors (Lipinski definition) is 0. The second-order valence-electron chi connectivity index (χ2n) is 4.21. The van der Waals surface area contributed by atoms with Crippen LogP contribution in [0.1, 0.15) is 11.1 Å². The van der Waals surface area contributed by atoms with Gasteiger partial charge < -0.3 is 0 Å². The van der Waals surface area contributed by atoms with Crippen LogP contribution in [0.5, 0.6) is 0 Å². The molecule has 2 rings (SSSR count). The normalized spacial score (nSPS) is 10.4. The molecule has 0 aromatic heterocycles. The van der Waals surface area contributed by atoms with Crippen molar-refractivity contribution in [2.45, 2.75) is 12.8 Å². The fourth-order valence-electron chi connectivity index (χ4n) is 1.76. The van der Waals surface area contributed by atoms with Crippen molar-refractivity contribution < 1.29 is 24.2 Å². The average Bonchev–Trinajstić information content (AvgIpc) is 2.35. The van der Waals surface area contributed by atoms with Gasteiger partial charge in [0.15, 0.2) is 0 Å². The van der Waals surface area contributed by atoms with Gasteiger partial charge in [-0.25, -0.2) is 0 Å². The Labute approximate surface area is 150 Å². The summed E-state index contributed by atoms with van der Waals surface area (Å²) in [5.74, 6) is 0. The second-order valence-corrected chi connectivity index (χ2v) is 8.44. The zero-order valence-corrected chi connectivity index (χ0v) is 16.6. The van der Waals surface area contributed by atoms with E-state index < -0.39 is 0 Å². The molecule has 0 spiro atoms. The van der Waals surface area contributed by atoms with Gasteiger partial charge in [-0.15, -0.1) is 0 Å². The molecule has 0 radical (unpaired) electrons. The van der Waals surface area contributed by atoms with Gasteiger partial charge in [0.1, 0.15) is 0 Å². The summed E-state index contributed by atoms with van der Waals surface area (Å²) in [7, 11) is 0. The Balaban J connectivity index is 1.96. The standard InChI is InChI=1S/C15H12I2.Zr/c16-14-8-4-12(5-9-14)2-1-3-13-6-10-15(17)11-7-13;/h4-11H,2-3H2;/q;+2. The van der Waals surface area contributed by atoms with Gasteiger partial charge in [0.25, 0.3) is 0 Å². The van der Waals surface area contributed by atoms with Crippen LogP contribution in [0.4, 0.5) is 0 Å². The molecule has 0 amide bonds. The molecule has 0 atom stereocenters. The van der Waals surface area contributed by atoms with Gasteiger partial charge in [-0.05, 0) is 0 Å². The SMILES string of the molecule is [Zr+2]=[C](Cc1ccc(I)cc1)Cc1ccc(I)cc1. The zero-order valence-electron chi connectivity index (χ0n) is 9.79. The minimum atomic E-state index is 1.11. The van der Waals surface area contributed by atoms with E-state index in [1.165, 1.54) is 18.3 Å². The third kappa shape index (κ3) is 4.97. The molecule has 0 fully saturated rings. The third-order valence-electron chi connectivity index (χ3n) is 2.66. The van der Waals surface area contributed by atoms with E-state index in [0.717, 1.165) is 12.8 Å². The summed E-state index contributed by atoms with van der Waals surface area (Å²) >= 11 is 6.25. The Bertz CT molecular complexity index is 480. The predicted octanol–water partition coefficient (Wildman–Crippen LogP) is 4.40. The molecule has 2 aromatic rings. The van der Waals surface area contributed by atoms with E-state index in [1.807, 2.05) is 0 Å². The monoisotopic (exact) mass is 536 g/mol. The van der Waals surface area contributed by atoms with Crippen molar-refractivity contribution in [3.8, 4) is 0 Å². The Morgan fingerprint density at radius 2 is 1.06 bits per heavy atom. The van der Waals surface area contributed by atoms with Gasteiger partial charge in [-0.2, -0.15) is 0 Å². The van der Waals surface area contributed by atoms with Crippen LogP contribution in [0.25, 0.3) is 0 Å². The van der Waals surface area contributed by atoms with Gasteiger partial charge in [-0.1, -0.05) is 0 Å². The van der Waals surface area contributed by atoms with Crippen LogP contribution in [-0.4, -0.2) is 3.21 Å². The zero-order chi connectivity index (χ0) is 13.0. The summed E-state index contributed by atoms with van der Waals surface area (Å²) in [6, 6.07) is 17.7. The van der Waals surface area contributed by atoms with Crippen LogP contribution in [0.3, 0.4) is 0 Å². The molecule has 0 aliphatic carbocycles. The van der Waals surface area contributed by atoms with Gasteiger partial charge in [0, 0.05) is 0 Å². The summed E-state index contributed by atoms with van der Waals surface area (Å²) in [6.45, 7) is 0. The summed E-state index contributed by atoms with van der Waals surface area (Å²) in [4.78, 5) is 0. The van der Waals surface area contributed by atoms with Crippen molar-refractivity contribution in [3.05, 3.63) is 66.8 Å². The van der Waals surface area contributed by atoms with Crippen LogP contribution in [0, 0.1) is 7.14 Å². The van der Waals surface area contributed by atoms with E-state index in [9.17, 15) is 0 Å². The van der Waals surface area contributed by atoms with Crippen LogP contribution in [0.15, 0.2) is 48.5 Å². The second kappa shape index (κ2) is 7.44. The first-order chi connectivity index (χ1) is 8.63. The number of hydrogen-bond acceptors (Lipinski definition) is 0. The molecule has 0 aliphatic heterocycles. The molecule has 2 aromatic carbocycles. The first-order valence-corrected chi connectivity index (χ1v) is 9.07. The topological polar surface area (TPSA) is 0 Å². The molecule has 0 N–H and O–H groups in total. The van der Waals surface area contributed by atoms with E-state index in [4.69, 9.17) is 0 Å². The molecule has 0 aliphatic rings. The van der Waals surface area contributed by atoms with E-state index in [0.29, 0.717) is 0 Å². The number of halogens is 2. The molecule has 3 heteroatoms. The number of benzene rings is 2. The van der Waals surface area contributed by atoms with Crippen LogP contribution < -0.4 is 0 Å². The molecule has 0 unspecified atom stereocenters. The first-order valence-electron chi connectivity index (χ1n) is 5.68. The van der Waals surface area contributed by atoms with Crippen molar-refractivity contribution >= 4 is 48.4 Å². The van der Waals surface area contributed by atoms with E-state index >= 15 is 0 Å². The van der Waals surface area contributed by atoms with Crippen molar-refractivity contribution in [2.75, 3.05) is 0 Å². The quantitative estimate of drug-likeness (QED) is 0.508. The molecule has 18 heavy (non-hydrogen) atoms. The average molecular weight is 537 g/mol. The van der Waals surface area contributed by atoms with E-state index in [1.54, 1.807) is 27.4 Å². The molecular formula is C15H12I2Zr+2. The Morgan fingerprint density at radius 3 is 1.39 bits per heavy atom. The molecule has 0 saturated heterocycles. The van der Waals surface area contributed by atoms with Gasteiger partial charge in [-0.3, -0.25) is 0 Å². The molecule has 88 valence electrons. The van der Waals surface area contributed by atoms with E-state index in [2.05, 4.69) is 93.7 Å². The van der Waals surface area contributed by atoms with Crippen LogP contribution >= 0.6 is 45.2 Å². The summed E-state index contributed by atoms with van der Waals surface area (Å²) < 4.78 is 4.21. The third-order valence-corrected chi connectivity index (χ3v) is 4.97. The maximum atomic E-state index is 2.35. The Morgan fingerprint density at radius 1 is 0.722 bits per heavy atom. The van der Waals surface area contributed by atoms with Gasteiger partial charge in [0.2, 0.25) is 0 Å². The molecule has 0 saturated carbocycles. The minimum absolute atomic E-state index is 1.11. The summed E-state index contributed by atoms with van der Waals surface area (Å²) in [5, 5.41) is 0. The van der Waals surface area contributed by atoms with Gasteiger partial charge >= 0.3 is 152 Å². The molecular weight excluding hydrogens is 525 g/mol. The fourth-order valence-corrected chi connectivity index (χ4v) is 3.48. The van der Waals surface area contributed by atoms with Crippen molar-refractivity contribution in [1.29, 1.82) is 0 Å². The Hall–Kier alpha value is 0.653. The summed E-state index contributed by atoms with van der Waals surface area (Å²) in [5.41, 5.74) is 2.85. The van der Waals surface area contributed by atoms with Crippen molar-refractivity contribution in [2.24, 2.45) is 0 Å². The van der Waals surface area contributed by atoms with E-state index in [-0.39, 0.29) is 0 Å². The molecule has 0 heterocycles. The molecule has 0 bridgehead atoms. The van der Waals surface area contributed by atoms with Crippen LogP contribution in [0.2, 0.25) is 0 Å². The van der Waals surface area contributed by atoms with Crippen molar-refractivity contribution in [1.82, 2.24) is 0 Å². The molecule has 0 nitrogen and oxygen atoms in total.